The number of nitrogens with zero attached hydrogens (tertiary/aromatic N) is 2. The van der Waals surface area contributed by atoms with Gasteiger partial charge in [0.05, 0.1) is 12.3 Å². The third kappa shape index (κ3) is 2.96. The number of nitrogens with one attached hydrogen (secondary N) is 1. The molecule has 0 fully saturated rings. The van der Waals surface area contributed by atoms with E-state index in [4.69, 9.17) is 4.74 Å². The molecular weight excluding hydrogens is 250 g/mol. The standard InChI is InChI=1S/C16H19N3O/c1-12-14-11-17-9-7-15(14)19-16(18-12)8-10-20-13-5-3-2-4-6-13/h2-6,17H,7-11H2,1H3. The van der Waals surface area contributed by atoms with Crippen LogP contribution in [0.2, 0.25) is 0 Å². The minimum Gasteiger partial charge on any atom is -0.493 e. The van der Waals surface area contributed by atoms with E-state index in [-0.39, 0.29) is 0 Å². The van der Waals surface area contributed by atoms with Crippen molar-refractivity contribution in [1.82, 2.24) is 15.3 Å². The van der Waals surface area contributed by atoms with Gasteiger partial charge >= 0.3 is 0 Å². The summed E-state index contributed by atoms with van der Waals surface area (Å²) in [6.45, 7) is 4.57. The van der Waals surface area contributed by atoms with Crippen molar-refractivity contribution < 1.29 is 4.74 Å². The van der Waals surface area contributed by atoms with Crippen LogP contribution < -0.4 is 10.1 Å². The SMILES string of the molecule is Cc1nc(CCOc2ccccc2)nc2c1CNCC2. The third-order valence-corrected chi connectivity index (χ3v) is 3.52. The molecule has 104 valence electrons. The number of hydrogen-bond donors (Lipinski definition) is 1. The van der Waals surface area contributed by atoms with Crippen LogP contribution in [0.1, 0.15) is 22.8 Å². The Morgan fingerprint density at radius 2 is 2.05 bits per heavy atom. The van der Waals surface area contributed by atoms with E-state index in [0.717, 1.165) is 43.2 Å². The summed E-state index contributed by atoms with van der Waals surface area (Å²) < 4.78 is 5.70. The fraction of sp³-hybridized carbons (Fsp3) is 0.375. The van der Waals surface area contributed by atoms with Gasteiger partial charge in [-0.2, -0.15) is 0 Å². The summed E-state index contributed by atoms with van der Waals surface area (Å²) >= 11 is 0. The molecule has 1 aromatic heterocycles. The van der Waals surface area contributed by atoms with Crippen LogP contribution in [0.15, 0.2) is 30.3 Å². The van der Waals surface area contributed by atoms with E-state index in [1.807, 2.05) is 30.3 Å². The third-order valence-electron chi connectivity index (χ3n) is 3.52. The summed E-state index contributed by atoms with van der Waals surface area (Å²) in [6, 6.07) is 9.86. The van der Waals surface area contributed by atoms with Gasteiger partial charge in [0.2, 0.25) is 0 Å². The first kappa shape index (κ1) is 13.1. The average Bonchev–Trinajstić information content (AvgIpc) is 2.48. The fourth-order valence-corrected chi connectivity index (χ4v) is 2.46. The summed E-state index contributed by atoms with van der Waals surface area (Å²) in [7, 11) is 0. The predicted octanol–water partition coefficient (Wildman–Crippen LogP) is 2.05. The Balaban J connectivity index is 1.64. The molecular formula is C16H19N3O. The van der Waals surface area contributed by atoms with Crippen LogP contribution >= 0.6 is 0 Å². The molecule has 3 rings (SSSR count). The lowest BCUT2D eigenvalue weighted by molar-refractivity contribution is 0.318. The van der Waals surface area contributed by atoms with Crippen molar-refractivity contribution in [3.8, 4) is 5.75 Å². The topological polar surface area (TPSA) is 47.0 Å². The molecule has 0 aliphatic carbocycles. The summed E-state index contributed by atoms with van der Waals surface area (Å²) in [4.78, 5) is 9.26. The minimum absolute atomic E-state index is 0.612. The lowest BCUT2D eigenvalue weighted by atomic mass is 10.1. The van der Waals surface area contributed by atoms with Crippen LogP contribution in [0.25, 0.3) is 0 Å². The zero-order valence-corrected chi connectivity index (χ0v) is 11.7. The van der Waals surface area contributed by atoms with Crippen molar-refractivity contribution in [2.24, 2.45) is 0 Å². The molecule has 0 spiro atoms. The van der Waals surface area contributed by atoms with Gasteiger partial charge < -0.3 is 10.1 Å². The van der Waals surface area contributed by atoms with E-state index in [2.05, 4.69) is 22.2 Å². The summed E-state index contributed by atoms with van der Waals surface area (Å²) in [5, 5.41) is 3.36. The van der Waals surface area contributed by atoms with E-state index in [1.165, 1.54) is 11.3 Å². The molecule has 0 radical (unpaired) electrons. The Bertz CT molecular complexity index is 584. The van der Waals surface area contributed by atoms with Gasteiger partial charge in [-0.15, -0.1) is 0 Å². The molecule has 0 saturated carbocycles. The quantitative estimate of drug-likeness (QED) is 0.923. The molecule has 20 heavy (non-hydrogen) atoms. The van der Waals surface area contributed by atoms with Crippen LogP contribution in [0.5, 0.6) is 5.75 Å². The van der Waals surface area contributed by atoms with Crippen molar-refractivity contribution in [3.05, 3.63) is 53.1 Å². The maximum absolute atomic E-state index is 5.70. The number of benzene rings is 1. The Labute approximate surface area is 119 Å². The highest BCUT2D eigenvalue weighted by Gasteiger charge is 2.14. The van der Waals surface area contributed by atoms with E-state index in [9.17, 15) is 0 Å². The number of aryl methyl sites for hydroxylation is 1. The number of fused-ring (bicyclic) bond motifs is 1. The number of rotatable bonds is 4. The van der Waals surface area contributed by atoms with Gasteiger partial charge in [-0.25, -0.2) is 9.97 Å². The van der Waals surface area contributed by atoms with Crippen LogP contribution in [-0.2, 0) is 19.4 Å². The Kier molecular flexibility index (Phi) is 3.92. The highest BCUT2D eigenvalue weighted by atomic mass is 16.5. The lowest BCUT2D eigenvalue weighted by Gasteiger charge is -2.18. The predicted molar refractivity (Wildman–Crippen MR) is 77.8 cm³/mol. The van der Waals surface area contributed by atoms with Gasteiger partial charge in [0.25, 0.3) is 0 Å². The van der Waals surface area contributed by atoms with Gasteiger partial charge in [-0.05, 0) is 19.1 Å². The molecule has 1 aromatic carbocycles. The molecule has 1 N–H and O–H groups in total. The number of para-hydroxylation sites is 1. The molecule has 0 saturated heterocycles. The molecule has 4 heteroatoms. The maximum Gasteiger partial charge on any atom is 0.132 e. The second kappa shape index (κ2) is 6.01. The van der Waals surface area contributed by atoms with Crippen molar-refractivity contribution in [1.29, 1.82) is 0 Å². The zero-order valence-electron chi connectivity index (χ0n) is 11.7. The lowest BCUT2D eigenvalue weighted by Crippen LogP contribution is -2.26. The minimum atomic E-state index is 0.612. The first-order chi connectivity index (χ1) is 9.83. The highest BCUT2D eigenvalue weighted by Crippen LogP contribution is 2.15. The molecule has 2 aromatic rings. The van der Waals surface area contributed by atoms with E-state index < -0.39 is 0 Å². The van der Waals surface area contributed by atoms with E-state index in [1.54, 1.807) is 0 Å². The van der Waals surface area contributed by atoms with Crippen LogP contribution in [0, 0.1) is 6.92 Å². The Hall–Kier alpha value is -1.94. The first-order valence-electron chi connectivity index (χ1n) is 7.07. The second-order valence-corrected chi connectivity index (χ2v) is 4.99. The van der Waals surface area contributed by atoms with E-state index >= 15 is 0 Å². The van der Waals surface area contributed by atoms with Gasteiger partial charge in [-0.1, -0.05) is 18.2 Å². The highest BCUT2D eigenvalue weighted by molar-refractivity contribution is 5.27. The smallest absolute Gasteiger partial charge is 0.132 e. The Morgan fingerprint density at radius 1 is 1.20 bits per heavy atom. The van der Waals surface area contributed by atoms with Crippen molar-refractivity contribution in [2.45, 2.75) is 26.3 Å². The molecule has 2 heterocycles. The first-order valence-corrected chi connectivity index (χ1v) is 7.07. The van der Waals surface area contributed by atoms with Crippen LogP contribution in [0.4, 0.5) is 0 Å². The number of aromatic nitrogens is 2. The molecule has 0 unspecified atom stereocenters. The molecule has 0 atom stereocenters. The fourth-order valence-electron chi connectivity index (χ4n) is 2.46. The molecule has 1 aliphatic heterocycles. The molecule has 4 nitrogen and oxygen atoms in total. The number of hydrogen-bond acceptors (Lipinski definition) is 4. The monoisotopic (exact) mass is 269 g/mol. The average molecular weight is 269 g/mol. The molecule has 1 aliphatic rings. The van der Waals surface area contributed by atoms with Gasteiger partial charge in [-0.3, -0.25) is 0 Å². The maximum atomic E-state index is 5.70. The van der Waals surface area contributed by atoms with E-state index in [0.29, 0.717) is 6.61 Å². The number of ether oxygens (including phenoxy) is 1. The van der Waals surface area contributed by atoms with Gasteiger partial charge in [0.15, 0.2) is 0 Å². The Morgan fingerprint density at radius 3 is 2.90 bits per heavy atom. The zero-order chi connectivity index (χ0) is 13.8. The van der Waals surface area contributed by atoms with Crippen molar-refractivity contribution >= 4 is 0 Å². The van der Waals surface area contributed by atoms with Crippen molar-refractivity contribution in [2.75, 3.05) is 13.2 Å². The van der Waals surface area contributed by atoms with Gasteiger partial charge in [0, 0.05) is 37.2 Å². The summed E-state index contributed by atoms with van der Waals surface area (Å²) in [5.41, 5.74) is 3.56. The van der Waals surface area contributed by atoms with Crippen LogP contribution in [-0.4, -0.2) is 23.1 Å². The summed E-state index contributed by atoms with van der Waals surface area (Å²) in [6.07, 6.45) is 1.74. The molecule has 0 bridgehead atoms. The van der Waals surface area contributed by atoms with Gasteiger partial charge in [0.1, 0.15) is 11.6 Å². The normalized spacial score (nSPS) is 13.8. The summed E-state index contributed by atoms with van der Waals surface area (Å²) in [5.74, 6) is 1.78. The molecule has 0 amide bonds. The van der Waals surface area contributed by atoms with Crippen molar-refractivity contribution in [3.63, 3.8) is 0 Å². The van der Waals surface area contributed by atoms with Crippen LogP contribution in [0.3, 0.4) is 0 Å². The largest absolute Gasteiger partial charge is 0.493 e. The second-order valence-electron chi connectivity index (χ2n) is 4.99.